The molecule has 4 nitrogen and oxygen atoms in total. The molecule has 0 radical (unpaired) electrons. The summed E-state index contributed by atoms with van der Waals surface area (Å²) in [5.41, 5.74) is 1.25. The molecule has 0 aliphatic carbocycles. The first-order chi connectivity index (χ1) is 10.3. The van der Waals surface area contributed by atoms with Gasteiger partial charge in [-0.1, -0.05) is 36.9 Å². The van der Waals surface area contributed by atoms with E-state index < -0.39 is 0 Å². The van der Waals surface area contributed by atoms with Gasteiger partial charge in [-0.25, -0.2) is 4.98 Å². The molecule has 0 spiro atoms. The van der Waals surface area contributed by atoms with Crippen molar-refractivity contribution in [1.82, 2.24) is 14.9 Å². The number of aromatic nitrogens is 2. The van der Waals surface area contributed by atoms with Gasteiger partial charge in [0.15, 0.2) is 5.16 Å². The SMILES string of the molecule is CCCNC1c2ccccc2OCC1Sc1nccn1C. The van der Waals surface area contributed by atoms with Crippen molar-refractivity contribution in [1.29, 1.82) is 0 Å². The van der Waals surface area contributed by atoms with Gasteiger partial charge >= 0.3 is 0 Å². The minimum absolute atomic E-state index is 0.302. The van der Waals surface area contributed by atoms with E-state index in [-0.39, 0.29) is 0 Å². The van der Waals surface area contributed by atoms with Gasteiger partial charge in [0.05, 0.1) is 11.3 Å². The van der Waals surface area contributed by atoms with Gasteiger partial charge in [0, 0.05) is 25.0 Å². The molecule has 0 fully saturated rings. The van der Waals surface area contributed by atoms with E-state index >= 15 is 0 Å². The monoisotopic (exact) mass is 303 g/mol. The molecular weight excluding hydrogens is 282 g/mol. The van der Waals surface area contributed by atoms with E-state index in [1.807, 2.05) is 25.5 Å². The van der Waals surface area contributed by atoms with Crippen LogP contribution in [0.4, 0.5) is 0 Å². The molecule has 1 N–H and O–H groups in total. The number of imidazole rings is 1. The quantitative estimate of drug-likeness (QED) is 0.921. The zero-order valence-corrected chi connectivity index (χ0v) is 13.3. The highest BCUT2D eigenvalue weighted by atomic mass is 32.2. The van der Waals surface area contributed by atoms with Gasteiger partial charge in [0.2, 0.25) is 0 Å². The van der Waals surface area contributed by atoms with Crippen LogP contribution in [0.25, 0.3) is 0 Å². The van der Waals surface area contributed by atoms with Crippen molar-refractivity contribution in [3.05, 3.63) is 42.2 Å². The van der Waals surface area contributed by atoms with Crippen LogP contribution in [0, 0.1) is 0 Å². The van der Waals surface area contributed by atoms with Crippen LogP contribution in [0.15, 0.2) is 41.8 Å². The summed E-state index contributed by atoms with van der Waals surface area (Å²) in [6.45, 7) is 3.91. The molecule has 2 aromatic rings. The van der Waals surface area contributed by atoms with Crippen LogP contribution in [0.1, 0.15) is 24.9 Å². The van der Waals surface area contributed by atoms with Gasteiger partial charge in [-0.15, -0.1) is 0 Å². The van der Waals surface area contributed by atoms with Gasteiger partial charge < -0.3 is 14.6 Å². The minimum atomic E-state index is 0.302. The van der Waals surface area contributed by atoms with Gasteiger partial charge in [-0.05, 0) is 19.0 Å². The molecule has 1 aliphatic rings. The zero-order chi connectivity index (χ0) is 14.7. The van der Waals surface area contributed by atoms with E-state index in [9.17, 15) is 0 Å². The summed E-state index contributed by atoms with van der Waals surface area (Å²) in [7, 11) is 2.03. The molecule has 2 heterocycles. The Morgan fingerprint density at radius 2 is 2.29 bits per heavy atom. The van der Waals surface area contributed by atoms with Crippen molar-refractivity contribution in [2.24, 2.45) is 7.05 Å². The van der Waals surface area contributed by atoms with E-state index in [4.69, 9.17) is 4.74 Å². The average molecular weight is 303 g/mol. The predicted octanol–water partition coefficient (Wildman–Crippen LogP) is 3.01. The van der Waals surface area contributed by atoms with Crippen LogP contribution < -0.4 is 10.1 Å². The number of fused-ring (bicyclic) bond motifs is 1. The maximum Gasteiger partial charge on any atom is 0.168 e. The molecule has 21 heavy (non-hydrogen) atoms. The summed E-state index contributed by atoms with van der Waals surface area (Å²) in [6, 6.07) is 8.63. The van der Waals surface area contributed by atoms with Crippen LogP contribution in [-0.4, -0.2) is 28.0 Å². The normalized spacial score (nSPS) is 20.9. The van der Waals surface area contributed by atoms with Gasteiger partial charge in [0.25, 0.3) is 0 Å². The number of para-hydroxylation sites is 1. The number of rotatable bonds is 5. The second-order valence-electron chi connectivity index (χ2n) is 5.26. The average Bonchev–Trinajstić information content (AvgIpc) is 2.91. The van der Waals surface area contributed by atoms with Crippen LogP contribution in [0.2, 0.25) is 0 Å². The number of benzene rings is 1. The Kier molecular flexibility index (Phi) is 4.51. The second kappa shape index (κ2) is 6.54. The Morgan fingerprint density at radius 1 is 1.43 bits per heavy atom. The van der Waals surface area contributed by atoms with Crippen molar-refractivity contribution in [3.8, 4) is 5.75 Å². The van der Waals surface area contributed by atoms with Gasteiger partial charge in [0.1, 0.15) is 12.4 Å². The lowest BCUT2D eigenvalue weighted by Crippen LogP contribution is -2.38. The molecule has 1 aromatic carbocycles. The second-order valence-corrected chi connectivity index (χ2v) is 6.46. The molecule has 112 valence electrons. The van der Waals surface area contributed by atoms with Crippen LogP contribution in [0.3, 0.4) is 0 Å². The third-order valence-electron chi connectivity index (χ3n) is 3.68. The van der Waals surface area contributed by atoms with Crippen molar-refractivity contribution in [3.63, 3.8) is 0 Å². The predicted molar refractivity (Wildman–Crippen MR) is 85.8 cm³/mol. The highest BCUT2D eigenvalue weighted by molar-refractivity contribution is 7.99. The molecule has 5 heteroatoms. The number of nitrogens with zero attached hydrogens (tertiary/aromatic N) is 2. The Hall–Kier alpha value is -1.46. The fourth-order valence-corrected chi connectivity index (χ4v) is 3.72. The lowest BCUT2D eigenvalue weighted by atomic mass is 10.00. The number of ether oxygens (including phenoxy) is 1. The summed E-state index contributed by atoms with van der Waals surface area (Å²) in [5, 5.41) is 5.03. The molecule has 1 aliphatic heterocycles. The van der Waals surface area contributed by atoms with E-state index in [1.165, 1.54) is 5.56 Å². The zero-order valence-electron chi connectivity index (χ0n) is 12.5. The highest BCUT2D eigenvalue weighted by Crippen LogP contribution is 2.39. The number of aryl methyl sites for hydroxylation is 1. The first kappa shape index (κ1) is 14.5. The largest absolute Gasteiger partial charge is 0.492 e. The first-order valence-electron chi connectivity index (χ1n) is 7.38. The Balaban J connectivity index is 1.84. The Labute approximate surface area is 129 Å². The maximum atomic E-state index is 5.94. The standard InChI is InChI=1S/C16H21N3OS/c1-3-8-17-15-12-6-4-5-7-13(12)20-11-14(15)21-16-18-9-10-19(16)2/h4-7,9-10,14-15,17H,3,8,11H2,1-2H3. The highest BCUT2D eigenvalue weighted by Gasteiger charge is 2.31. The molecule has 0 saturated carbocycles. The number of hydrogen-bond donors (Lipinski definition) is 1. The molecule has 0 bridgehead atoms. The van der Waals surface area contributed by atoms with E-state index in [0.29, 0.717) is 17.9 Å². The molecule has 2 atom stereocenters. The summed E-state index contributed by atoms with van der Waals surface area (Å²) >= 11 is 1.78. The summed E-state index contributed by atoms with van der Waals surface area (Å²) in [4.78, 5) is 4.42. The van der Waals surface area contributed by atoms with E-state index in [0.717, 1.165) is 23.9 Å². The Morgan fingerprint density at radius 3 is 3.05 bits per heavy atom. The van der Waals surface area contributed by atoms with Gasteiger partial charge in [-0.3, -0.25) is 0 Å². The Bertz CT molecular complexity index is 599. The summed E-state index contributed by atoms with van der Waals surface area (Å²) in [6.07, 6.45) is 4.95. The lowest BCUT2D eigenvalue weighted by Gasteiger charge is -2.33. The van der Waals surface area contributed by atoms with E-state index in [2.05, 4.69) is 40.0 Å². The fourth-order valence-electron chi connectivity index (χ4n) is 2.58. The molecule has 0 amide bonds. The smallest absolute Gasteiger partial charge is 0.168 e. The van der Waals surface area contributed by atoms with Crippen molar-refractivity contribution in [2.75, 3.05) is 13.2 Å². The third kappa shape index (κ3) is 3.09. The minimum Gasteiger partial charge on any atom is -0.492 e. The number of hydrogen-bond acceptors (Lipinski definition) is 4. The van der Waals surface area contributed by atoms with Crippen molar-refractivity contribution in [2.45, 2.75) is 29.8 Å². The van der Waals surface area contributed by atoms with Gasteiger partial charge in [-0.2, -0.15) is 0 Å². The molecule has 2 unspecified atom stereocenters. The summed E-state index contributed by atoms with van der Waals surface area (Å²) in [5.74, 6) is 1.00. The number of thioether (sulfide) groups is 1. The number of nitrogens with one attached hydrogen (secondary N) is 1. The fraction of sp³-hybridized carbons (Fsp3) is 0.438. The summed E-state index contributed by atoms with van der Waals surface area (Å²) < 4.78 is 7.99. The van der Waals surface area contributed by atoms with Crippen molar-refractivity contribution >= 4 is 11.8 Å². The maximum absolute atomic E-state index is 5.94. The molecular formula is C16H21N3OS. The first-order valence-corrected chi connectivity index (χ1v) is 8.26. The van der Waals surface area contributed by atoms with E-state index in [1.54, 1.807) is 11.8 Å². The van der Waals surface area contributed by atoms with Crippen LogP contribution in [-0.2, 0) is 7.05 Å². The molecule has 1 aromatic heterocycles. The van der Waals surface area contributed by atoms with Crippen molar-refractivity contribution < 1.29 is 4.74 Å². The van der Waals surface area contributed by atoms with Crippen LogP contribution >= 0.6 is 11.8 Å². The lowest BCUT2D eigenvalue weighted by molar-refractivity contribution is 0.260. The molecule has 3 rings (SSSR count). The molecule has 0 saturated heterocycles. The topological polar surface area (TPSA) is 39.1 Å². The van der Waals surface area contributed by atoms with Crippen LogP contribution in [0.5, 0.6) is 5.75 Å². The third-order valence-corrected chi connectivity index (χ3v) is 4.99.